The second-order valence-electron chi connectivity index (χ2n) is 10.1. The van der Waals surface area contributed by atoms with Crippen LogP contribution in [0.3, 0.4) is 0 Å². The maximum Gasteiger partial charge on any atom is 0.317 e. The summed E-state index contributed by atoms with van der Waals surface area (Å²) in [5.41, 5.74) is 0.420. The van der Waals surface area contributed by atoms with Gasteiger partial charge in [-0.25, -0.2) is 4.79 Å². The summed E-state index contributed by atoms with van der Waals surface area (Å²) in [6.45, 7) is 10.5. The molecule has 0 aromatic rings. The molecule has 0 atom stereocenters. The van der Waals surface area contributed by atoms with Gasteiger partial charge in [0, 0.05) is 38.6 Å². The summed E-state index contributed by atoms with van der Waals surface area (Å²) in [6, 6.07) is 0.452. The molecule has 3 amide bonds. The number of piperidine rings is 1. The Morgan fingerprint density at radius 1 is 0.893 bits per heavy atom. The minimum atomic E-state index is 0.113. The highest BCUT2D eigenvalue weighted by Crippen LogP contribution is 2.40. The third kappa shape index (κ3) is 5.42. The Balaban J connectivity index is 1.36. The fourth-order valence-corrected chi connectivity index (χ4v) is 5.26. The van der Waals surface area contributed by atoms with Crippen molar-refractivity contribution < 1.29 is 9.59 Å². The summed E-state index contributed by atoms with van der Waals surface area (Å²) in [6.07, 6.45) is 10.8. The van der Waals surface area contributed by atoms with E-state index in [4.69, 9.17) is 0 Å². The molecule has 1 N–H and O–H groups in total. The molecule has 160 valence electrons. The highest BCUT2D eigenvalue weighted by Gasteiger charge is 2.33. The Morgan fingerprint density at radius 3 is 2.07 bits per heavy atom. The molecule has 2 heterocycles. The average Bonchev–Trinajstić information content (AvgIpc) is 3.24. The Hall–Kier alpha value is -1.26. The number of nitrogens with zero attached hydrogens (tertiary/aromatic N) is 2. The van der Waals surface area contributed by atoms with Crippen LogP contribution in [0.4, 0.5) is 4.79 Å². The van der Waals surface area contributed by atoms with Crippen molar-refractivity contribution >= 4 is 11.9 Å². The second kappa shape index (κ2) is 9.49. The standard InChI is InChI=1S/C23H41N3O2/c1-4-23(2,3)19-7-9-20(10-8-19)24-22(28)26-15-11-18(12-16-26)17-21(27)25-13-5-6-14-25/h18-20H,4-17H2,1-3H3,(H,24,28). The highest BCUT2D eigenvalue weighted by molar-refractivity contribution is 5.77. The number of nitrogens with one attached hydrogen (secondary N) is 1. The highest BCUT2D eigenvalue weighted by atomic mass is 16.2. The van der Waals surface area contributed by atoms with E-state index in [9.17, 15) is 9.59 Å². The quantitative estimate of drug-likeness (QED) is 0.754. The van der Waals surface area contributed by atoms with Crippen LogP contribution in [0.15, 0.2) is 0 Å². The van der Waals surface area contributed by atoms with Crippen molar-refractivity contribution in [2.75, 3.05) is 26.2 Å². The summed E-state index contributed by atoms with van der Waals surface area (Å²) in [7, 11) is 0. The minimum absolute atomic E-state index is 0.113. The number of carbonyl (C=O) groups excluding carboxylic acids is 2. The number of urea groups is 1. The Bertz CT molecular complexity index is 526. The fraction of sp³-hybridized carbons (Fsp3) is 0.913. The molecule has 3 rings (SSSR count). The molecule has 3 fully saturated rings. The van der Waals surface area contributed by atoms with Gasteiger partial charge < -0.3 is 15.1 Å². The summed E-state index contributed by atoms with van der Waals surface area (Å²) >= 11 is 0. The lowest BCUT2D eigenvalue weighted by Gasteiger charge is -2.40. The minimum Gasteiger partial charge on any atom is -0.343 e. The van der Waals surface area contributed by atoms with Gasteiger partial charge in [0.15, 0.2) is 0 Å². The normalized spacial score (nSPS) is 27.1. The molecular weight excluding hydrogens is 350 g/mol. The van der Waals surface area contributed by atoms with Crippen molar-refractivity contribution in [1.29, 1.82) is 0 Å². The third-order valence-electron chi connectivity index (χ3n) is 7.89. The van der Waals surface area contributed by atoms with Gasteiger partial charge in [-0.1, -0.05) is 27.2 Å². The molecule has 3 aliphatic rings. The molecule has 0 aromatic heterocycles. The lowest BCUT2D eigenvalue weighted by atomic mass is 9.69. The van der Waals surface area contributed by atoms with Crippen LogP contribution in [0.1, 0.15) is 85.0 Å². The molecule has 0 unspecified atom stereocenters. The van der Waals surface area contributed by atoms with Crippen LogP contribution in [-0.4, -0.2) is 54.0 Å². The summed E-state index contributed by atoms with van der Waals surface area (Å²) in [5.74, 6) is 1.56. The van der Waals surface area contributed by atoms with Gasteiger partial charge in [0.1, 0.15) is 0 Å². The van der Waals surface area contributed by atoms with Crippen molar-refractivity contribution in [2.24, 2.45) is 17.3 Å². The van der Waals surface area contributed by atoms with Gasteiger partial charge >= 0.3 is 6.03 Å². The van der Waals surface area contributed by atoms with Crippen LogP contribution in [0, 0.1) is 17.3 Å². The van der Waals surface area contributed by atoms with Gasteiger partial charge in [0.25, 0.3) is 0 Å². The molecule has 1 saturated carbocycles. The van der Waals surface area contributed by atoms with Crippen molar-refractivity contribution in [3.05, 3.63) is 0 Å². The number of amides is 3. The predicted octanol–water partition coefficient (Wildman–Crippen LogP) is 4.42. The van der Waals surface area contributed by atoms with E-state index in [0.717, 1.165) is 70.6 Å². The van der Waals surface area contributed by atoms with Gasteiger partial charge in [0.05, 0.1) is 0 Å². The van der Waals surface area contributed by atoms with E-state index >= 15 is 0 Å². The first-order valence-electron chi connectivity index (χ1n) is 11.7. The third-order valence-corrected chi connectivity index (χ3v) is 7.89. The molecule has 28 heavy (non-hydrogen) atoms. The zero-order valence-corrected chi connectivity index (χ0v) is 18.3. The first-order chi connectivity index (χ1) is 13.4. The van der Waals surface area contributed by atoms with Crippen LogP contribution < -0.4 is 5.32 Å². The van der Waals surface area contributed by atoms with Crippen molar-refractivity contribution in [3.8, 4) is 0 Å². The number of likely N-dealkylation sites (tertiary alicyclic amines) is 2. The lowest BCUT2D eigenvalue weighted by molar-refractivity contribution is -0.131. The Kier molecular flexibility index (Phi) is 7.27. The lowest BCUT2D eigenvalue weighted by Crippen LogP contribution is -2.49. The molecule has 2 saturated heterocycles. The van der Waals surface area contributed by atoms with Crippen LogP contribution in [0.25, 0.3) is 0 Å². The zero-order valence-electron chi connectivity index (χ0n) is 18.3. The molecule has 0 radical (unpaired) electrons. The van der Waals surface area contributed by atoms with Gasteiger partial charge in [-0.2, -0.15) is 0 Å². The fourth-order valence-electron chi connectivity index (χ4n) is 5.26. The predicted molar refractivity (Wildman–Crippen MR) is 113 cm³/mol. The summed E-state index contributed by atoms with van der Waals surface area (Å²) < 4.78 is 0. The first kappa shape index (κ1) is 21.4. The molecule has 5 heteroatoms. The Labute approximate surface area is 171 Å². The van der Waals surface area contributed by atoms with Crippen molar-refractivity contribution in [2.45, 2.75) is 91.0 Å². The van der Waals surface area contributed by atoms with E-state index in [1.54, 1.807) is 0 Å². The number of rotatable bonds is 5. The number of hydrogen-bond donors (Lipinski definition) is 1. The zero-order chi connectivity index (χ0) is 20.1. The van der Waals surface area contributed by atoms with Gasteiger partial charge in [0.2, 0.25) is 5.91 Å². The second-order valence-corrected chi connectivity index (χ2v) is 10.1. The van der Waals surface area contributed by atoms with Crippen LogP contribution >= 0.6 is 0 Å². The first-order valence-corrected chi connectivity index (χ1v) is 11.7. The Morgan fingerprint density at radius 2 is 1.50 bits per heavy atom. The maximum absolute atomic E-state index is 12.7. The maximum atomic E-state index is 12.7. The van der Waals surface area contributed by atoms with Crippen molar-refractivity contribution in [3.63, 3.8) is 0 Å². The molecular formula is C23H41N3O2. The average molecular weight is 392 g/mol. The van der Waals surface area contributed by atoms with E-state index in [-0.39, 0.29) is 6.03 Å². The van der Waals surface area contributed by atoms with Gasteiger partial charge in [-0.15, -0.1) is 0 Å². The van der Waals surface area contributed by atoms with E-state index in [2.05, 4.69) is 26.1 Å². The molecule has 5 nitrogen and oxygen atoms in total. The van der Waals surface area contributed by atoms with E-state index in [1.807, 2.05) is 9.80 Å². The molecule has 2 aliphatic heterocycles. The van der Waals surface area contributed by atoms with Crippen molar-refractivity contribution in [1.82, 2.24) is 15.1 Å². The largest absolute Gasteiger partial charge is 0.343 e. The van der Waals surface area contributed by atoms with Crippen LogP contribution in [0.2, 0.25) is 0 Å². The van der Waals surface area contributed by atoms with Crippen LogP contribution in [-0.2, 0) is 4.79 Å². The summed E-state index contributed by atoms with van der Waals surface area (Å²) in [5, 5.41) is 3.29. The van der Waals surface area contributed by atoms with E-state index in [1.165, 1.54) is 19.3 Å². The topological polar surface area (TPSA) is 52.7 Å². The molecule has 0 bridgehead atoms. The molecule has 0 aromatic carbocycles. The van der Waals surface area contributed by atoms with E-state index in [0.29, 0.717) is 29.7 Å². The molecule has 1 aliphatic carbocycles. The van der Waals surface area contributed by atoms with Crippen LogP contribution in [0.5, 0.6) is 0 Å². The number of hydrogen-bond acceptors (Lipinski definition) is 2. The number of carbonyl (C=O) groups is 2. The summed E-state index contributed by atoms with van der Waals surface area (Å²) in [4.78, 5) is 29.0. The van der Waals surface area contributed by atoms with Gasteiger partial charge in [-0.05, 0) is 68.6 Å². The SMILES string of the molecule is CCC(C)(C)C1CCC(NC(=O)N2CCC(CC(=O)N3CCCC3)CC2)CC1. The van der Waals surface area contributed by atoms with E-state index < -0.39 is 0 Å². The van der Waals surface area contributed by atoms with Gasteiger partial charge in [-0.3, -0.25) is 4.79 Å². The molecule has 0 spiro atoms. The smallest absolute Gasteiger partial charge is 0.317 e. The monoisotopic (exact) mass is 391 g/mol.